The summed E-state index contributed by atoms with van der Waals surface area (Å²) in [5, 5.41) is 14.4. The minimum Gasteiger partial charge on any atom is -0.489 e. The van der Waals surface area contributed by atoms with Gasteiger partial charge in [0.05, 0.1) is 12.6 Å². The summed E-state index contributed by atoms with van der Waals surface area (Å²) in [6.45, 7) is 2.21. The second-order valence-electron chi connectivity index (χ2n) is 5.99. The Balaban J connectivity index is 1.72. The number of hydrogen-bond donors (Lipinski definition) is 4. The van der Waals surface area contributed by atoms with Gasteiger partial charge >= 0.3 is 0 Å². The molecule has 0 fully saturated rings. The largest absolute Gasteiger partial charge is 0.489 e. The van der Waals surface area contributed by atoms with Crippen LogP contribution in [0.5, 0.6) is 5.75 Å². The lowest BCUT2D eigenvalue weighted by Gasteiger charge is -2.13. The highest BCUT2D eigenvalue weighted by Crippen LogP contribution is 2.15. The van der Waals surface area contributed by atoms with Gasteiger partial charge in [-0.2, -0.15) is 0 Å². The van der Waals surface area contributed by atoms with Crippen LogP contribution < -0.4 is 21.1 Å². The highest BCUT2D eigenvalue weighted by molar-refractivity contribution is 5.81. The molecule has 1 amide bonds. The van der Waals surface area contributed by atoms with Crippen molar-refractivity contribution in [2.45, 2.75) is 19.1 Å². The average Bonchev–Trinajstić information content (AvgIpc) is 2.68. The second kappa shape index (κ2) is 11.3. The summed E-state index contributed by atoms with van der Waals surface area (Å²) >= 11 is 0. The van der Waals surface area contributed by atoms with Gasteiger partial charge in [-0.25, -0.2) is 0 Å². The lowest BCUT2D eigenvalue weighted by Crippen LogP contribution is -2.44. The number of aliphatic hydroxyl groups excluding tert-OH is 1. The van der Waals surface area contributed by atoms with Crippen LogP contribution in [0.3, 0.4) is 0 Å². The van der Waals surface area contributed by atoms with Crippen LogP contribution >= 0.6 is 0 Å². The van der Waals surface area contributed by atoms with E-state index in [1.807, 2.05) is 54.6 Å². The first-order valence-electron chi connectivity index (χ1n) is 8.79. The molecule has 6 heteroatoms. The number of benzene rings is 2. The van der Waals surface area contributed by atoms with E-state index < -0.39 is 6.04 Å². The molecule has 1 unspecified atom stereocenters. The van der Waals surface area contributed by atoms with Crippen LogP contribution in [0.1, 0.15) is 11.1 Å². The van der Waals surface area contributed by atoms with Crippen LogP contribution in [0.25, 0.3) is 0 Å². The predicted molar refractivity (Wildman–Crippen MR) is 102 cm³/mol. The molecule has 0 saturated heterocycles. The second-order valence-corrected chi connectivity index (χ2v) is 5.99. The van der Waals surface area contributed by atoms with Crippen molar-refractivity contribution in [1.82, 2.24) is 10.6 Å². The standard InChI is InChI=1S/C20H27N3O3/c21-19(20(25)23-11-10-22-12-13-24)14-16-6-8-18(9-7-16)26-15-17-4-2-1-3-5-17/h1-9,19,22,24H,10-15,21H2,(H,23,25). The molecule has 0 aliphatic rings. The summed E-state index contributed by atoms with van der Waals surface area (Å²) in [6, 6.07) is 17.0. The SMILES string of the molecule is NC(Cc1ccc(OCc2ccccc2)cc1)C(=O)NCCNCCO. The van der Waals surface area contributed by atoms with Crippen LogP contribution in [0.15, 0.2) is 54.6 Å². The van der Waals surface area contributed by atoms with Crippen molar-refractivity contribution in [2.75, 3.05) is 26.2 Å². The van der Waals surface area contributed by atoms with Crippen molar-refractivity contribution in [3.63, 3.8) is 0 Å². The molecule has 2 aromatic carbocycles. The van der Waals surface area contributed by atoms with E-state index in [4.69, 9.17) is 15.6 Å². The third kappa shape index (κ3) is 7.23. The fraction of sp³-hybridized carbons (Fsp3) is 0.350. The maximum absolute atomic E-state index is 12.0. The number of nitrogens with two attached hydrogens (primary N) is 1. The molecule has 140 valence electrons. The van der Waals surface area contributed by atoms with E-state index in [0.717, 1.165) is 16.9 Å². The Labute approximate surface area is 154 Å². The van der Waals surface area contributed by atoms with E-state index in [0.29, 0.717) is 32.7 Å². The predicted octanol–water partition coefficient (Wildman–Crippen LogP) is 0.833. The van der Waals surface area contributed by atoms with Gasteiger partial charge in [0.1, 0.15) is 12.4 Å². The van der Waals surface area contributed by atoms with Crippen LogP contribution in [0.4, 0.5) is 0 Å². The number of ether oxygens (including phenoxy) is 1. The first-order valence-corrected chi connectivity index (χ1v) is 8.79. The van der Waals surface area contributed by atoms with Crippen LogP contribution in [-0.4, -0.2) is 43.3 Å². The highest BCUT2D eigenvalue weighted by Gasteiger charge is 2.13. The van der Waals surface area contributed by atoms with Crippen LogP contribution in [-0.2, 0) is 17.8 Å². The Bertz CT molecular complexity index is 647. The van der Waals surface area contributed by atoms with E-state index in [-0.39, 0.29) is 12.5 Å². The first-order chi connectivity index (χ1) is 12.7. The number of aliphatic hydroxyl groups is 1. The Kier molecular flexibility index (Phi) is 8.62. The van der Waals surface area contributed by atoms with Gasteiger partial charge in [-0.3, -0.25) is 4.79 Å². The number of carbonyl (C=O) groups is 1. The normalized spacial score (nSPS) is 11.8. The van der Waals surface area contributed by atoms with Gasteiger partial charge in [-0.15, -0.1) is 0 Å². The zero-order valence-corrected chi connectivity index (χ0v) is 14.9. The zero-order valence-electron chi connectivity index (χ0n) is 14.9. The molecule has 0 aromatic heterocycles. The van der Waals surface area contributed by atoms with Crippen molar-refractivity contribution >= 4 is 5.91 Å². The summed E-state index contributed by atoms with van der Waals surface area (Å²) in [5.41, 5.74) is 8.06. The van der Waals surface area contributed by atoms with E-state index in [9.17, 15) is 4.79 Å². The van der Waals surface area contributed by atoms with Gasteiger partial charge in [0.2, 0.25) is 5.91 Å². The Hall–Kier alpha value is -2.41. The lowest BCUT2D eigenvalue weighted by molar-refractivity contribution is -0.122. The maximum atomic E-state index is 12.0. The van der Waals surface area contributed by atoms with Gasteiger partial charge in [0.25, 0.3) is 0 Å². The van der Waals surface area contributed by atoms with Crippen molar-refractivity contribution < 1.29 is 14.6 Å². The molecule has 0 aliphatic heterocycles. The molecule has 0 heterocycles. The number of amides is 1. The van der Waals surface area contributed by atoms with E-state index in [2.05, 4.69) is 10.6 Å². The van der Waals surface area contributed by atoms with Gasteiger partial charge in [-0.1, -0.05) is 42.5 Å². The number of hydrogen-bond acceptors (Lipinski definition) is 5. The van der Waals surface area contributed by atoms with Crippen molar-refractivity contribution in [1.29, 1.82) is 0 Å². The summed E-state index contributed by atoms with van der Waals surface area (Å²) in [5.74, 6) is 0.603. The van der Waals surface area contributed by atoms with Crippen LogP contribution in [0, 0.1) is 0 Å². The molecule has 0 aliphatic carbocycles. The molecule has 0 spiro atoms. The smallest absolute Gasteiger partial charge is 0.237 e. The van der Waals surface area contributed by atoms with E-state index in [1.54, 1.807) is 0 Å². The summed E-state index contributed by atoms with van der Waals surface area (Å²) < 4.78 is 5.75. The molecule has 2 rings (SSSR count). The Morgan fingerprint density at radius 2 is 1.73 bits per heavy atom. The fourth-order valence-corrected chi connectivity index (χ4v) is 2.42. The number of carbonyl (C=O) groups excluding carboxylic acids is 1. The molecule has 6 nitrogen and oxygen atoms in total. The molecule has 0 bridgehead atoms. The minimum atomic E-state index is -0.594. The third-order valence-electron chi connectivity index (χ3n) is 3.85. The summed E-state index contributed by atoms with van der Waals surface area (Å²) in [4.78, 5) is 12.0. The van der Waals surface area contributed by atoms with Gasteiger partial charge in [-0.05, 0) is 29.7 Å². The van der Waals surface area contributed by atoms with Gasteiger partial charge < -0.3 is 26.2 Å². The van der Waals surface area contributed by atoms with E-state index >= 15 is 0 Å². The molecule has 26 heavy (non-hydrogen) atoms. The molecule has 5 N–H and O–H groups in total. The Morgan fingerprint density at radius 3 is 2.42 bits per heavy atom. The Morgan fingerprint density at radius 1 is 1.00 bits per heavy atom. The summed E-state index contributed by atoms with van der Waals surface area (Å²) in [6.07, 6.45) is 0.467. The number of nitrogens with one attached hydrogen (secondary N) is 2. The lowest BCUT2D eigenvalue weighted by atomic mass is 10.1. The zero-order chi connectivity index (χ0) is 18.6. The fourth-order valence-electron chi connectivity index (χ4n) is 2.42. The molecular formula is C20H27N3O3. The number of rotatable bonds is 11. The molecule has 0 radical (unpaired) electrons. The third-order valence-corrected chi connectivity index (χ3v) is 3.85. The molecular weight excluding hydrogens is 330 g/mol. The molecule has 0 saturated carbocycles. The summed E-state index contributed by atoms with van der Waals surface area (Å²) in [7, 11) is 0. The quantitative estimate of drug-likeness (QED) is 0.447. The van der Waals surface area contributed by atoms with Crippen molar-refractivity contribution in [3.8, 4) is 5.75 Å². The van der Waals surface area contributed by atoms with Crippen LogP contribution in [0.2, 0.25) is 0 Å². The van der Waals surface area contributed by atoms with Gasteiger partial charge in [0.15, 0.2) is 0 Å². The van der Waals surface area contributed by atoms with Crippen molar-refractivity contribution in [2.24, 2.45) is 5.73 Å². The topological polar surface area (TPSA) is 96.6 Å². The highest BCUT2D eigenvalue weighted by atomic mass is 16.5. The van der Waals surface area contributed by atoms with Gasteiger partial charge in [0, 0.05) is 19.6 Å². The molecule has 1 atom stereocenters. The molecule has 2 aromatic rings. The minimum absolute atomic E-state index is 0.0819. The van der Waals surface area contributed by atoms with Crippen molar-refractivity contribution in [3.05, 3.63) is 65.7 Å². The average molecular weight is 357 g/mol. The van der Waals surface area contributed by atoms with E-state index in [1.165, 1.54) is 0 Å². The maximum Gasteiger partial charge on any atom is 0.237 e. The first kappa shape index (κ1) is 19.9. The monoisotopic (exact) mass is 357 g/mol.